The first-order chi connectivity index (χ1) is 12.7. The summed E-state index contributed by atoms with van der Waals surface area (Å²) in [5, 5.41) is 2.27. The molecule has 2 amide bonds. The van der Waals surface area contributed by atoms with E-state index in [9.17, 15) is 18.0 Å². The fourth-order valence-corrected chi connectivity index (χ4v) is 4.54. The summed E-state index contributed by atoms with van der Waals surface area (Å²) in [4.78, 5) is 19.0. The van der Waals surface area contributed by atoms with Gasteiger partial charge in [-0.1, -0.05) is 11.6 Å². The van der Waals surface area contributed by atoms with Gasteiger partial charge in [-0.2, -0.15) is 13.2 Å². The summed E-state index contributed by atoms with van der Waals surface area (Å²) in [6.45, 7) is 2.03. The molecule has 2 atom stereocenters. The van der Waals surface area contributed by atoms with Crippen molar-refractivity contribution in [2.45, 2.75) is 43.9 Å². The average Bonchev–Trinajstić information content (AvgIpc) is 2.83. The third-order valence-corrected chi connectivity index (χ3v) is 5.78. The summed E-state index contributed by atoms with van der Waals surface area (Å²) >= 11 is 5.76. The number of amides is 2. The number of carbonyl (C=O) groups excluding carboxylic acids is 1. The van der Waals surface area contributed by atoms with E-state index in [-0.39, 0.29) is 23.3 Å². The number of urea groups is 1. The number of rotatable bonds is 1. The molecule has 2 aliphatic heterocycles. The average molecular weight is 396 g/mol. The molecule has 0 spiro atoms. The summed E-state index contributed by atoms with van der Waals surface area (Å²) in [5.74, 6) is 0. The number of anilines is 1. The zero-order valence-corrected chi connectivity index (χ0v) is 15.2. The second-order valence-electron chi connectivity index (χ2n) is 7.30. The predicted molar refractivity (Wildman–Crippen MR) is 95.6 cm³/mol. The molecule has 2 aromatic rings. The molecule has 27 heavy (non-hydrogen) atoms. The van der Waals surface area contributed by atoms with Crippen molar-refractivity contribution >= 4 is 23.3 Å². The van der Waals surface area contributed by atoms with Gasteiger partial charge in [-0.25, -0.2) is 4.79 Å². The molecule has 8 heteroatoms. The van der Waals surface area contributed by atoms with E-state index in [0.717, 1.165) is 36.1 Å². The first-order valence-corrected chi connectivity index (χ1v) is 8.97. The van der Waals surface area contributed by atoms with Gasteiger partial charge < -0.3 is 10.2 Å². The van der Waals surface area contributed by atoms with Crippen LogP contribution in [0.2, 0.25) is 5.02 Å². The number of halogens is 4. The molecule has 0 saturated carbocycles. The Bertz CT molecular complexity index is 917. The summed E-state index contributed by atoms with van der Waals surface area (Å²) in [5.41, 5.74) is 1.19. The lowest BCUT2D eigenvalue weighted by molar-refractivity contribution is -0.137. The van der Waals surface area contributed by atoms with Crippen molar-refractivity contribution < 1.29 is 18.0 Å². The van der Waals surface area contributed by atoms with Gasteiger partial charge in [-0.3, -0.25) is 4.98 Å². The highest BCUT2D eigenvalue weighted by Crippen LogP contribution is 2.49. The summed E-state index contributed by atoms with van der Waals surface area (Å²) in [6.07, 6.45) is 1.43. The molecule has 3 heterocycles. The van der Waals surface area contributed by atoms with Gasteiger partial charge in [0.2, 0.25) is 0 Å². The van der Waals surface area contributed by atoms with E-state index in [2.05, 4.69) is 10.3 Å². The van der Waals surface area contributed by atoms with E-state index < -0.39 is 16.8 Å². The zero-order valence-electron chi connectivity index (χ0n) is 14.5. The van der Waals surface area contributed by atoms with Crippen molar-refractivity contribution in [3.05, 3.63) is 58.4 Å². The number of alkyl halides is 3. The van der Waals surface area contributed by atoms with Gasteiger partial charge in [0.05, 0.1) is 16.6 Å². The Labute approximate surface area is 159 Å². The Kier molecular flexibility index (Phi) is 4.10. The minimum absolute atomic E-state index is 0.0633. The summed E-state index contributed by atoms with van der Waals surface area (Å²) < 4.78 is 38.6. The van der Waals surface area contributed by atoms with Crippen LogP contribution in [0, 0.1) is 0 Å². The number of nitrogens with one attached hydrogen (secondary N) is 1. The molecule has 1 saturated heterocycles. The number of fused-ring (bicyclic) bond motifs is 4. The second kappa shape index (κ2) is 6.12. The van der Waals surface area contributed by atoms with Crippen molar-refractivity contribution in [2.75, 3.05) is 5.32 Å². The number of carbonyl (C=O) groups is 1. The monoisotopic (exact) mass is 395 g/mol. The quantitative estimate of drug-likeness (QED) is 0.699. The first-order valence-electron chi connectivity index (χ1n) is 8.59. The van der Waals surface area contributed by atoms with Gasteiger partial charge in [0.25, 0.3) is 0 Å². The fraction of sp³-hybridized carbons (Fsp3) is 0.368. The van der Waals surface area contributed by atoms with Crippen LogP contribution in [0.15, 0.2) is 36.7 Å². The van der Waals surface area contributed by atoms with E-state index in [1.54, 1.807) is 11.1 Å². The lowest BCUT2D eigenvalue weighted by atomic mass is 9.87. The van der Waals surface area contributed by atoms with Crippen LogP contribution in [0.25, 0.3) is 0 Å². The molecule has 0 radical (unpaired) electrons. The standard InChI is InChI=1S/C19H17ClF3N3O/c1-18-6-4-16(13-5-7-24-10-11(13)9-18)26(18)17(27)25-12-2-3-14(15(20)8-12)19(21,22)23/h2-3,5,7-8,10,16H,4,6,9H2,1H3,(H,25,27)/t16-,18-/m1/s1. The van der Waals surface area contributed by atoms with Crippen LogP contribution in [0.1, 0.15) is 42.5 Å². The van der Waals surface area contributed by atoms with Crippen LogP contribution in [-0.2, 0) is 12.6 Å². The van der Waals surface area contributed by atoms with Crippen LogP contribution in [0.3, 0.4) is 0 Å². The third-order valence-electron chi connectivity index (χ3n) is 5.47. The maximum Gasteiger partial charge on any atom is 0.417 e. The Morgan fingerprint density at radius 3 is 2.85 bits per heavy atom. The smallest absolute Gasteiger partial charge is 0.312 e. The Morgan fingerprint density at radius 1 is 1.37 bits per heavy atom. The van der Waals surface area contributed by atoms with Crippen LogP contribution < -0.4 is 5.32 Å². The molecule has 0 aliphatic carbocycles. The molecule has 142 valence electrons. The molecule has 2 aliphatic rings. The topological polar surface area (TPSA) is 45.2 Å². The van der Waals surface area contributed by atoms with E-state index in [0.29, 0.717) is 6.42 Å². The van der Waals surface area contributed by atoms with E-state index in [1.165, 1.54) is 6.07 Å². The fourth-order valence-electron chi connectivity index (χ4n) is 4.26. The first kappa shape index (κ1) is 18.1. The van der Waals surface area contributed by atoms with E-state index in [1.807, 2.05) is 19.2 Å². The SMILES string of the molecule is C[C@@]12CC[C@H](c3ccncc3C1)N2C(=O)Nc1ccc(C(F)(F)F)c(Cl)c1. The molecule has 1 N–H and O–H groups in total. The molecule has 4 nitrogen and oxygen atoms in total. The molecular weight excluding hydrogens is 379 g/mol. The second-order valence-corrected chi connectivity index (χ2v) is 7.70. The van der Waals surface area contributed by atoms with Crippen LogP contribution in [0.5, 0.6) is 0 Å². The van der Waals surface area contributed by atoms with Gasteiger partial charge in [-0.15, -0.1) is 0 Å². The summed E-state index contributed by atoms with van der Waals surface area (Å²) in [7, 11) is 0. The maximum absolute atomic E-state index is 13.0. The van der Waals surface area contributed by atoms with Crippen molar-refractivity contribution in [1.29, 1.82) is 0 Å². The Hall–Kier alpha value is -2.28. The number of hydrogen-bond donors (Lipinski definition) is 1. The lowest BCUT2D eigenvalue weighted by Crippen LogP contribution is -2.52. The van der Waals surface area contributed by atoms with Crippen molar-refractivity contribution in [2.24, 2.45) is 0 Å². The number of benzene rings is 1. The minimum Gasteiger partial charge on any atom is -0.312 e. The minimum atomic E-state index is -4.53. The molecule has 1 aromatic carbocycles. The molecular formula is C19H17ClF3N3O. The number of hydrogen-bond acceptors (Lipinski definition) is 2. The van der Waals surface area contributed by atoms with Crippen molar-refractivity contribution in [3.8, 4) is 0 Å². The van der Waals surface area contributed by atoms with Gasteiger partial charge in [0.1, 0.15) is 0 Å². The number of aromatic nitrogens is 1. The highest BCUT2D eigenvalue weighted by atomic mass is 35.5. The highest BCUT2D eigenvalue weighted by Gasteiger charge is 2.50. The van der Waals surface area contributed by atoms with E-state index in [4.69, 9.17) is 11.6 Å². The van der Waals surface area contributed by atoms with Gasteiger partial charge in [-0.05, 0) is 61.6 Å². The van der Waals surface area contributed by atoms with Crippen LogP contribution >= 0.6 is 11.6 Å². The van der Waals surface area contributed by atoms with Gasteiger partial charge >= 0.3 is 12.2 Å². The zero-order chi connectivity index (χ0) is 19.4. The molecule has 1 fully saturated rings. The number of nitrogens with zero attached hydrogens (tertiary/aromatic N) is 2. The normalized spacial score (nSPS) is 23.9. The Balaban J connectivity index is 1.60. The van der Waals surface area contributed by atoms with Crippen molar-refractivity contribution in [1.82, 2.24) is 9.88 Å². The third kappa shape index (κ3) is 3.04. The van der Waals surface area contributed by atoms with Crippen molar-refractivity contribution in [3.63, 3.8) is 0 Å². The van der Waals surface area contributed by atoms with E-state index >= 15 is 0 Å². The van der Waals surface area contributed by atoms with Gasteiger partial charge in [0, 0.05) is 23.6 Å². The molecule has 2 bridgehead atoms. The lowest BCUT2D eigenvalue weighted by Gasteiger charge is -2.43. The highest BCUT2D eigenvalue weighted by molar-refractivity contribution is 6.31. The maximum atomic E-state index is 13.0. The van der Waals surface area contributed by atoms with Crippen LogP contribution in [-0.4, -0.2) is 21.5 Å². The number of pyridine rings is 1. The summed E-state index contributed by atoms with van der Waals surface area (Å²) in [6, 6.07) is 4.77. The Morgan fingerprint density at radius 2 is 2.15 bits per heavy atom. The molecule has 1 aromatic heterocycles. The predicted octanol–water partition coefficient (Wildman–Crippen LogP) is 5.44. The molecule has 0 unspecified atom stereocenters. The van der Waals surface area contributed by atoms with Gasteiger partial charge in [0.15, 0.2) is 0 Å². The van der Waals surface area contributed by atoms with Crippen LogP contribution in [0.4, 0.5) is 23.7 Å². The molecule has 4 rings (SSSR count). The largest absolute Gasteiger partial charge is 0.417 e.